The predicted molar refractivity (Wildman–Crippen MR) is 283 cm³/mol. The van der Waals surface area contributed by atoms with Gasteiger partial charge in [0.05, 0.1) is 0 Å². The summed E-state index contributed by atoms with van der Waals surface area (Å²) in [7, 11) is 0. The number of nitrogens with zero attached hydrogens (tertiary/aromatic N) is 3. The van der Waals surface area contributed by atoms with Crippen LogP contribution < -0.4 is 0 Å². The summed E-state index contributed by atoms with van der Waals surface area (Å²) in [6.07, 6.45) is 8.92. The molecule has 3 nitrogen and oxygen atoms in total. The zero-order valence-electron chi connectivity index (χ0n) is 40.3. The molecule has 0 fully saturated rings. The molecule has 9 rings (SSSR count). The van der Waals surface area contributed by atoms with E-state index in [9.17, 15) is 0 Å². The summed E-state index contributed by atoms with van der Waals surface area (Å²) in [6.45, 7) is 17.0. The van der Waals surface area contributed by atoms with Gasteiger partial charge in [0.2, 0.25) is 0 Å². The lowest BCUT2D eigenvalue weighted by Gasteiger charge is -2.54. The van der Waals surface area contributed by atoms with Gasteiger partial charge in [-0.15, -0.1) is 0 Å². The fourth-order valence-corrected chi connectivity index (χ4v) is 11.1. The smallest absolute Gasteiger partial charge is 0.164 e. The Labute approximate surface area is 399 Å². The van der Waals surface area contributed by atoms with Crippen molar-refractivity contribution in [1.82, 2.24) is 15.0 Å². The molecule has 8 aromatic rings. The van der Waals surface area contributed by atoms with E-state index in [2.05, 4.69) is 206 Å². The molecule has 0 radical (unpaired) electrons. The van der Waals surface area contributed by atoms with Gasteiger partial charge in [-0.2, -0.15) is 0 Å². The minimum Gasteiger partial charge on any atom is -0.208 e. The first-order valence-corrected chi connectivity index (χ1v) is 24.5. The maximum absolute atomic E-state index is 5.28. The molecule has 1 aliphatic rings. The topological polar surface area (TPSA) is 38.7 Å². The molecule has 4 atom stereocenters. The van der Waals surface area contributed by atoms with Crippen LogP contribution in [0.5, 0.6) is 0 Å². The van der Waals surface area contributed by atoms with E-state index >= 15 is 0 Å². The molecule has 0 aliphatic heterocycles. The Bertz CT molecular complexity index is 2930. The van der Waals surface area contributed by atoms with Crippen LogP contribution in [0.25, 0.3) is 73.1 Å². The lowest BCUT2D eigenvalue weighted by Crippen LogP contribution is -2.50. The molecule has 7 aromatic carbocycles. The standard InChI is InChI=1S/C64H63N3/c1-8-26-50(54-40-52(46-27-16-12-17-28-46)39-53(41-54)47-29-18-13-19-30-47)42-55(10-3)64(63(7,11-4)45(6)44(5)9-2)58-36-25-24-35-56(58)57-38-37-51(43-59(57)64)62-66-60(48-31-20-14-21-32-48)65-61(67-62)49-33-22-15-23-34-49/h12-45H,8-11H2,1-7H3/b50-26+,55-42+/t44-,45-,63+,64?/m1/s1. The molecule has 0 spiro atoms. The normalized spacial score (nSPS) is 16.5. The van der Waals surface area contributed by atoms with E-state index in [0.29, 0.717) is 29.3 Å². The molecule has 0 saturated heterocycles. The highest BCUT2D eigenvalue weighted by molar-refractivity contribution is 5.89. The Balaban J connectivity index is 1.33. The third kappa shape index (κ3) is 8.31. The summed E-state index contributed by atoms with van der Waals surface area (Å²) >= 11 is 0. The third-order valence-electron chi connectivity index (χ3n) is 15.2. The molecular formula is C64H63N3. The van der Waals surface area contributed by atoms with Crippen LogP contribution in [0, 0.1) is 17.3 Å². The van der Waals surface area contributed by atoms with Crippen molar-refractivity contribution in [2.24, 2.45) is 17.3 Å². The Hall–Kier alpha value is -6.97. The summed E-state index contributed by atoms with van der Waals surface area (Å²) in [5, 5.41) is 0. The second-order valence-electron chi connectivity index (χ2n) is 18.7. The molecule has 1 aromatic heterocycles. The van der Waals surface area contributed by atoms with Crippen molar-refractivity contribution in [3.63, 3.8) is 0 Å². The van der Waals surface area contributed by atoms with E-state index in [1.165, 1.54) is 61.2 Å². The van der Waals surface area contributed by atoms with E-state index in [1.807, 2.05) is 36.4 Å². The number of hydrogen-bond donors (Lipinski definition) is 0. The highest BCUT2D eigenvalue weighted by atomic mass is 15.0. The molecule has 3 heteroatoms. The van der Waals surface area contributed by atoms with Crippen LogP contribution in [0.1, 0.15) is 90.8 Å². The fraction of sp³-hybridized carbons (Fsp3) is 0.234. The molecule has 0 saturated carbocycles. The van der Waals surface area contributed by atoms with Crippen molar-refractivity contribution < 1.29 is 0 Å². The van der Waals surface area contributed by atoms with Crippen molar-refractivity contribution >= 4 is 5.57 Å². The number of allylic oxidation sites excluding steroid dienone is 4. The summed E-state index contributed by atoms with van der Waals surface area (Å²) < 4.78 is 0. The van der Waals surface area contributed by atoms with Gasteiger partial charge in [-0.1, -0.05) is 230 Å². The molecule has 1 aliphatic carbocycles. The van der Waals surface area contributed by atoms with Gasteiger partial charge in [-0.25, -0.2) is 15.0 Å². The summed E-state index contributed by atoms with van der Waals surface area (Å²) in [5.74, 6) is 2.87. The SMILES string of the molecule is CC/C=C(\C=C(/CC)C1([C@@](C)(CC)[C@H](C)[C@H](C)CC)c2ccccc2-c2ccc(-c3nc(-c4ccccc4)nc(-c4ccccc4)n3)cc21)c1cc(-c2ccccc2)cc(-c2ccccc2)c1. The van der Waals surface area contributed by atoms with Crippen molar-refractivity contribution in [3.05, 3.63) is 216 Å². The average Bonchev–Trinajstić information content (AvgIpc) is 3.70. The minimum atomic E-state index is -0.495. The van der Waals surface area contributed by atoms with E-state index in [4.69, 9.17) is 15.0 Å². The molecule has 67 heavy (non-hydrogen) atoms. The molecule has 0 N–H and O–H groups in total. The van der Waals surface area contributed by atoms with Crippen LogP contribution in [0.2, 0.25) is 0 Å². The first-order valence-electron chi connectivity index (χ1n) is 24.5. The van der Waals surface area contributed by atoms with E-state index in [0.717, 1.165) is 42.4 Å². The van der Waals surface area contributed by atoms with Crippen LogP contribution in [0.15, 0.2) is 200 Å². The van der Waals surface area contributed by atoms with Gasteiger partial charge < -0.3 is 0 Å². The van der Waals surface area contributed by atoms with Gasteiger partial charge in [0.25, 0.3) is 0 Å². The van der Waals surface area contributed by atoms with Crippen LogP contribution in [-0.4, -0.2) is 15.0 Å². The first-order chi connectivity index (χ1) is 32.7. The Morgan fingerprint density at radius 2 is 0.985 bits per heavy atom. The molecule has 1 unspecified atom stereocenters. The Kier molecular flexibility index (Phi) is 13.1. The second kappa shape index (κ2) is 19.5. The van der Waals surface area contributed by atoms with E-state index < -0.39 is 5.41 Å². The minimum absolute atomic E-state index is 0.202. The summed E-state index contributed by atoms with van der Waals surface area (Å²) in [6, 6.07) is 65.8. The van der Waals surface area contributed by atoms with Crippen LogP contribution in [0.4, 0.5) is 0 Å². The lowest BCUT2D eigenvalue weighted by molar-refractivity contribution is 0.0714. The maximum atomic E-state index is 5.28. The van der Waals surface area contributed by atoms with Crippen molar-refractivity contribution in [1.29, 1.82) is 0 Å². The largest absolute Gasteiger partial charge is 0.208 e. The molecular weight excluding hydrogens is 811 g/mol. The van der Waals surface area contributed by atoms with Crippen molar-refractivity contribution in [2.75, 3.05) is 0 Å². The van der Waals surface area contributed by atoms with E-state index in [-0.39, 0.29) is 5.41 Å². The third-order valence-corrected chi connectivity index (χ3v) is 15.2. The summed E-state index contributed by atoms with van der Waals surface area (Å²) in [4.78, 5) is 15.6. The highest BCUT2D eigenvalue weighted by Gasteiger charge is 2.58. The van der Waals surface area contributed by atoms with Crippen molar-refractivity contribution in [2.45, 2.75) is 79.6 Å². The Morgan fingerprint density at radius 3 is 1.48 bits per heavy atom. The number of benzene rings is 7. The first kappa shape index (κ1) is 45.2. The predicted octanol–water partition coefficient (Wildman–Crippen LogP) is 17.4. The second-order valence-corrected chi connectivity index (χ2v) is 18.7. The number of fused-ring (bicyclic) bond motifs is 3. The molecule has 0 amide bonds. The Morgan fingerprint density at radius 1 is 0.507 bits per heavy atom. The van der Waals surface area contributed by atoms with Gasteiger partial charge in [0.1, 0.15) is 0 Å². The van der Waals surface area contributed by atoms with Crippen molar-refractivity contribution in [3.8, 4) is 67.5 Å². The van der Waals surface area contributed by atoms with Crippen LogP contribution in [-0.2, 0) is 5.41 Å². The zero-order chi connectivity index (χ0) is 46.5. The van der Waals surface area contributed by atoms with Gasteiger partial charge in [0, 0.05) is 22.1 Å². The van der Waals surface area contributed by atoms with Crippen LogP contribution in [0.3, 0.4) is 0 Å². The maximum Gasteiger partial charge on any atom is 0.164 e. The zero-order valence-corrected chi connectivity index (χ0v) is 40.3. The van der Waals surface area contributed by atoms with Gasteiger partial charge >= 0.3 is 0 Å². The number of aromatic nitrogens is 3. The fourth-order valence-electron chi connectivity index (χ4n) is 11.1. The average molecular weight is 874 g/mol. The highest BCUT2D eigenvalue weighted by Crippen LogP contribution is 2.66. The van der Waals surface area contributed by atoms with Gasteiger partial charge in [-0.3, -0.25) is 0 Å². The van der Waals surface area contributed by atoms with Crippen LogP contribution >= 0.6 is 0 Å². The quantitative estimate of drug-likeness (QED) is 0.0963. The molecule has 1 heterocycles. The molecule has 334 valence electrons. The summed E-state index contributed by atoms with van der Waals surface area (Å²) in [5.41, 5.74) is 16.3. The van der Waals surface area contributed by atoms with E-state index in [1.54, 1.807) is 0 Å². The van der Waals surface area contributed by atoms with Gasteiger partial charge in [-0.05, 0) is 116 Å². The monoisotopic (exact) mass is 874 g/mol. The van der Waals surface area contributed by atoms with Gasteiger partial charge in [0.15, 0.2) is 17.5 Å². The lowest BCUT2D eigenvalue weighted by atomic mass is 9.48. The number of hydrogen-bond acceptors (Lipinski definition) is 3. The number of rotatable bonds is 15. The molecule has 0 bridgehead atoms.